The van der Waals surface area contributed by atoms with Crippen LogP contribution in [0.2, 0.25) is 5.02 Å². The third-order valence-corrected chi connectivity index (χ3v) is 3.54. The Kier molecular flexibility index (Phi) is 6.51. The number of methoxy groups -OCH3 is 1. The molecule has 0 aliphatic heterocycles. The van der Waals surface area contributed by atoms with Crippen LogP contribution in [0.4, 0.5) is 11.4 Å². The second kappa shape index (κ2) is 8.82. The van der Waals surface area contributed by atoms with Crippen LogP contribution in [0.25, 0.3) is 0 Å². The highest BCUT2D eigenvalue weighted by atomic mass is 35.5. The standard InChI is InChI=1S/C17H15ClN2O6/c1-25-13-5-2-11(3-6-13)8-17(22)26-10-16(21)19-14-9-12(18)4-7-15(14)20(23)24/h2-7,9H,8,10H2,1H3,(H,19,21). The summed E-state index contributed by atoms with van der Waals surface area (Å²) in [5, 5.41) is 13.5. The molecular formula is C17H15ClN2O6. The van der Waals surface area contributed by atoms with Crippen LogP contribution in [-0.4, -0.2) is 30.5 Å². The van der Waals surface area contributed by atoms with Gasteiger partial charge in [0.25, 0.3) is 11.6 Å². The van der Waals surface area contributed by atoms with Gasteiger partial charge in [-0.2, -0.15) is 0 Å². The van der Waals surface area contributed by atoms with E-state index in [1.54, 1.807) is 24.3 Å². The summed E-state index contributed by atoms with van der Waals surface area (Å²) < 4.78 is 9.90. The first-order chi connectivity index (χ1) is 12.4. The fraction of sp³-hybridized carbons (Fsp3) is 0.176. The zero-order valence-electron chi connectivity index (χ0n) is 13.7. The van der Waals surface area contributed by atoms with Crippen molar-refractivity contribution < 1.29 is 24.0 Å². The minimum absolute atomic E-state index is 0.0193. The Morgan fingerprint density at radius 2 is 1.88 bits per heavy atom. The monoisotopic (exact) mass is 378 g/mol. The van der Waals surface area contributed by atoms with E-state index in [-0.39, 0.29) is 22.8 Å². The van der Waals surface area contributed by atoms with Gasteiger partial charge in [0.15, 0.2) is 6.61 Å². The Bertz CT molecular complexity index is 823. The molecule has 0 heterocycles. The van der Waals surface area contributed by atoms with Gasteiger partial charge in [-0.05, 0) is 29.8 Å². The molecule has 1 N–H and O–H groups in total. The lowest BCUT2D eigenvalue weighted by Gasteiger charge is -2.08. The Hall–Kier alpha value is -3.13. The number of nitrogens with one attached hydrogen (secondary N) is 1. The van der Waals surface area contributed by atoms with Crippen LogP contribution in [0.3, 0.4) is 0 Å². The van der Waals surface area contributed by atoms with Crippen molar-refractivity contribution >= 4 is 34.9 Å². The summed E-state index contributed by atoms with van der Waals surface area (Å²) in [5.74, 6) is -0.658. The van der Waals surface area contributed by atoms with Gasteiger partial charge >= 0.3 is 5.97 Å². The van der Waals surface area contributed by atoms with Crippen molar-refractivity contribution in [1.82, 2.24) is 0 Å². The number of rotatable bonds is 7. The van der Waals surface area contributed by atoms with Crippen LogP contribution in [0.1, 0.15) is 5.56 Å². The predicted octanol–water partition coefficient (Wildman–Crippen LogP) is 2.98. The molecule has 2 aromatic carbocycles. The second-order valence-electron chi connectivity index (χ2n) is 5.15. The Balaban J connectivity index is 1.89. The van der Waals surface area contributed by atoms with Gasteiger partial charge in [-0.3, -0.25) is 19.7 Å². The van der Waals surface area contributed by atoms with E-state index in [0.717, 1.165) is 0 Å². The van der Waals surface area contributed by atoms with Crippen molar-refractivity contribution in [2.24, 2.45) is 0 Å². The highest BCUT2D eigenvalue weighted by Crippen LogP contribution is 2.27. The number of esters is 1. The van der Waals surface area contributed by atoms with E-state index in [1.165, 1.54) is 25.3 Å². The molecule has 26 heavy (non-hydrogen) atoms. The molecule has 0 saturated carbocycles. The molecule has 8 nitrogen and oxygen atoms in total. The Morgan fingerprint density at radius 3 is 2.50 bits per heavy atom. The maximum Gasteiger partial charge on any atom is 0.310 e. The van der Waals surface area contributed by atoms with E-state index >= 15 is 0 Å². The number of hydrogen-bond donors (Lipinski definition) is 1. The van der Waals surface area contributed by atoms with Gasteiger partial charge in [0, 0.05) is 11.1 Å². The minimum Gasteiger partial charge on any atom is -0.497 e. The van der Waals surface area contributed by atoms with E-state index in [1.807, 2.05) is 0 Å². The van der Waals surface area contributed by atoms with Gasteiger partial charge in [-0.1, -0.05) is 23.7 Å². The molecule has 0 saturated heterocycles. The Morgan fingerprint density at radius 1 is 1.19 bits per heavy atom. The fourth-order valence-corrected chi connectivity index (χ4v) is 2.23. The molecule has 1 amide bonds. The van der Waals surface area contributed by atoms with Crippen LogP contribution >= 0.6 is 11.6 Å². The number of nitro benzene ring substituents is 1. The quantitative estimate of drug-likeness (QED) is 0.451. The lowest BCUT2D eigenvalue weighted by molar-refractivity contribution is -0.383. The molecule has 0 aliphatic rings. The van der Waals surface area contributed by atoms with Crippen LogP contribution in [-0.2, 0) is 20.7 Å². The third kappa shape index (κ3) is 5.45. The van der Waals surface area contributed by atoms with Crippen LogP contribution in [0.5, 0.6) is 5.75 Å². The highest BCUT2D eigenvalue weighted by molar-refractivity contribution is 6.31. The van der Waals surface area contributed by atoms with Gasteiger partial charge in [-0.15, -0.1) is 0 Å². The van der Waals surface area contributed by atoms with Crippen molar-refractivity contribution in [3.05, 3.63) is 63.2 Å². The summed E-state index contributed by atoms with van der Waals surface area (Å²) in [6, 6.07) is 10.6. The first-order valence-corrected chi connectivity index (χ1v) is 7.79. The van der Waals surface area contributed by atoms with Crippen molar-refractivity contribution in [1.29, 1.82) is 0 Å². The summed E-state index contributed by atoms with van der Waals surface area (Å²) >= 11 is 5.78. The van der Waals surface area contributed by atoms with E-state index in [9.17, 15) is 19.7 Å². The molecule has 136 valence electrons. The van der Waals surface area contributed by atoms with Crippen molar-refractivity contribution in [2.75, 3.05) is 19.0 Å². The lowest BCUT2D eigenvalue weighted by Crippen LogP contribution is -2.22. The zero-order valence-corrected chi connectivity index (χ0v) is 14.5. The van der Waals surface area contributed by atoms with E-state index < -0.39 is 23.4 Å². The molecule has 0 aliphatic carbocycles. The smallest absolute Gasteiger partial charge is 0.310 e. The van der Waals surface area contributed by atoms with Gasteiger partial charge in [0.05, 0.1) is 18.5 Å². The first kappa shape index (κ1) is 19.2. The highest BCUT2D eigenvalue weighted by Gasteiger charge is 2.17. The van der Waals surface area contributed by atoms with E-state index in [2.05, 4.69) is 5.32 Å². The summed E-state index contributed by atoms with van der Waals surface area (Å²) in [6.45, 7) is -0.571. The number of nitro groups is 1. The summed E-state index contributed by atoms with van der Waals surface area (Å²) in [6.07, 6.45) is -0.0193. The van der Waals surface area contributed by atoms with E-state index in [0.29, 0.717) is 11.3 Å². The molecule has 2 aromatic rings. The normalized spacial score (nSPS) is 10.1. The molecule has 0 fully saturated rings. The number of carbonyl (C=O) groups excluding carboxylic acids is 2. The summed E-state index contributed by atoms with van der Waals surface area (Å²) in [7, 11) is 1.53. The maximum atomic E-state index is 11.9. The fourth-order valence-electron chi connectivity index (χ4n) is 2.06. The number of halogens is 1. The zero-order chi connectivity index (χ0) is 19.1. The van der Waals surface area contributed by atoms with Gasteiger partial charge in [-0.25, -0.2) is 0 Å². The average molecular weight is 379 g/mol. The molecule has 0 spiro atoms. The van der Waals surface area contributed by atoms with Crippen molar-refractivity contribution in [2.45, 2.75) is 6.42 Å². The predicted molar refractivity (Wildman–Crippen MR) is 94.4 cm³/mol. The van der Waals surface area contributed by atoms with Crippen molar-refractivity contribution in [3.8, 4) is 5.75 Å². The van der Waals surface area contributed by atoms with Gasteiger partial charge in [0.2, 0.25) is 0 Å². The van der Waals surface area contributed by atoms with Crippen molar-refractivity contribution in [3.63, 3.8) is 0 Å². The Labute approximate surface area is 153 Å². The molecule has 0 radical (unpaired) electrons. The maximum absolute atomic E-state index is 11.9. The second-order valence-corrected chi connectivity index (χ2v) is 5.59. The third-order valence-electron chi connectivity index (χ3n) is 3.30. The van der Waals surface area contributed by atoms with Crippen LogP contribution in [0.15, 0.2) is 42.5 Å². The summed E-state index contributed by atoms with van der Waals surface area (Å²) in [4.78, 5) is 34.0. The van der Waals surface area contributed by atoms with E-state index in [4.69, 9.17) is 21.1 Å². The molecule has 0 unspecified atom stereocenters. The first-order valence-electron chi connectivity index (χ1n) is 7.41. The lowest BCUT2D eigenvalue weighted by atomic mass is 10.1. The molecule has 0 aromatic heterocycles. The molecular weight excluding hydrogens is 364 g/mol. The number of carbonyl (C=O) groups is 2. The van der Waals surface area contributed by atoms with Crippen LogP contribution in [0, 0.1) is 10.1 Å². The number of amides is 1. The average Bonchev–Trinajstić information content (AvgIpc) is 2.60. The number of anilines is 1. The minimum atomic E-state index is -0.710. The summed E-state index contributed by atoms with van der Waals surface area (Å²) in [5.41, 5.74) is 0.313. The SMILES string of the molecule is COc1ccc(CC(=O)OCC(=O)Nc2cc(Cl)ccc2[N+](=O)[O-])cc1. The van der Waals surface area contributed by atoms with Gasteiger partial charge < -0.3 is 14.8 Å². The molecule has 9 heteroatoms. The van der Waals surface area contributed by atoms with Gasteiger partial charge in [0.1, 0.15) is 11.4 Å². The number of ether oxygens (including phenoxy) is 2. The van der Waals surface area contributed by atoms with Crippen LogP contribution < -0.4 is 10.1 Å². The number of hydrogen-bond acceptors (Lipinski definition) is 6. The molecule has 0 bridgehead atoms. The largest absolute Gasteiger partial charge is 0.497 e. The molecule has 0 atom stereocenters. The number of nitrogens with zero attached hydrogens (tertiary/aromatic N) is 1. The number of benzene rings is 2. The molecule has 2 rings (SSSR count). The topological polar surface area (TPSA) is 108 Å².